The molecule has 24 heavy (non-hydrogen) atoms. The van der Waals surface area contributed by atoms with E-state index in [1.807, 2.05) is 24.4 Å². The first-order valence-corrected chi connectivity index (χ1v) is 8.75. The van der Waals surface area contributed by atoms with E-state index in [0.717, 1.165) is 0 Å². The van der Waals surface area contributed by atoms with Crippen molar-refractivity contribution in [2.24, 2.45) is 0 Å². The summed E-state index contributed by atoms with van der Waals surface area (Å²) in [6, 6.07) is 11.8. The second-order valence-corrected chi connectivity index (χ2v) is 6.66. The van der Waals surface area contributed by atoms with Gasteiger partial charge < -0.3 is 5.32 Å². The average Bonchev–Trinajstić information content (AvgIpc) is 2.98. The number of aromatic nitrogens is 3. The molecule has 0 spiro atoms. The zero-order valence-electron chi connectivity index (χ0n) is 12.2. The summed E-state index contributed by atoms with van der Waals surface area (Å²) >= 11 is 1.74. The van der Waals surface area contributed by atoms with Crippen LogP contribution in [-0.4, -0.2) is 32.0 Å². The number of amides is 1. The van der Waals surface area contributed by atoms with Gasteiger partial charge in [-0.25, -0.2) is 0 Å². The van der Waals surface area contributed by atoms with Gasteiger partial charge in [-0.15, -0.1) is 10.2 Å². The number of fused-ring (bicyclic) bond motifs is 1. The number of nitrogens with zero attached hydrogens (tertiary/aromatic N) is 3. The molecule has 0 fully saturated rings. The molecule has 0 saturated carbocycles. The number of anilines is 1. The number of carbonyl (C=O) groups excluding carboxylic acids is 1. The fourth-order valence-corrected chi connectivity index (χ4v) is 3.19. The zero-order chi connectivity index (χ0) is 16.9. The Balaban J connectivity index is 1.56. The largest absolute Gasteiger partial charge is 0.325 e. The number of rotatable bonds is 6. The molecule has 2 heterocycles. The van der Waals surface area contributed by atoms with Crippen molar-refractivity contribution in [3.63, 3.8) is 0 Å². The van der Waals surface area contributed by atoms with Crippen LogP contribution < -0.4 is 5.32 Å². The van der Waals surface area contributed by atoms with Gasteiger partial charge in [0.15, 0.2) is 10.8 Å². The number of hydrogen-bond acceptors (Lipinski definition) is 5. The molecule has 0 aliphatic heterocycles. The van der Waals surface area contributed by atoms with Gasteiger partial charge in [0.1, 0.15) is 0 Å². The minimum absolute atomic E-state index is 0.170. The minimum Gasteiger partial charge on any atom is -0.325 e. The Morgan fingerprint density at radius 2 is 1.96 bits per heavy atom. The van der Waals surface area contributed by atoms with E-state index in [-0.39, 0.29) is 11.7 Å². The van der Waals surface area contributed by atoms with Crippen LogP contribution in [0.2, 0.25) is 0 Å². The normalized spacial score (nSPS) is 11.1. The Morgan fingerprint density at radius 1 is 1.17 bits per heavy atom. The lowest BCUT2D eigenvalue weighted by molar-refractivity contribution is -0.113. The number of carbonyl (C=O) groups is 1. The molecule has 0 saturated heterocycles. The summed E-state index contributed by atoms with van der Waals surface area (Å²) in [6.07, 6.45) is 1.83. The highest BCUT2D eigenvalue weighted by Gasteiger charge is 2.10. The van der Waals surface area contributed by atoms with Crippen molar-refractivity contribution in [3.05, 3.63) is 48.7 Å². The number of alkyl halides is 2. The fraction of sp³-hybridized carbons (Fsp3) is 0.133. The number of nitrogens with one attached hydrogen (secondary N) is 1. The van der Waals surface area contributed by atoms with Crippen molar-refractivity contribution in [3.8, 4) is 0 Å². The number of thioether (sulfide) groups is 2. The summed E-state index contributed by atoms with van der Waals surface area (Å²) in [5.41, 5.74) is 1.28. The van der Waals surface area contributed by atoms with Crippen LogP contribution in [0.5, 0.6) is 0 Å². The molecule has 2 aromatic heterocycles. The molecular formula is C15H12F2N4OS2. The molecule has 1 N–H and O–H groups in total. The van der Waals surface area contributed by atoms with Crippen LogP contribution in [0.25, 0.3) is 5.65 Å². The second kappa shape index (κ2) is 7.63. The SMILES string of the molecule is O=C(CSc1nnc2ccccn12)Nc1ccc(SC(F)F)cc1. The van der Waals surface area contributed by atoms with Gasteiger partial charge in [-0.2, -0.15) is 8.78 Å². The summed E-state index contributed by atoms with van der Waals surface area (Å²) < 4.78 is 26.3. The molecular weight excluding hydrogens is 354 g/mol. The van der Waals surface area contributed by atoms with E-state index in [1.54, 1.807) is 28.7 Å². The van der Waals surface area contributed by atoms with E-state index in [2.05, 4.69) is 15.5 Å². The molecule has 0 unspecified atom stereocenters. The lowest BCUT2D eigenvalue weighted by Gasteiger charge is -2.06. The van der Waals surface area contributed by atoms with Crippen LogP contribution in [0.4, 0.5) is 14.5 Å². The van der Waals surface area contributed by atoms with Gasteiger partial charge in [-0.05, 0) is 36.4 Å². The molecule has 0 aliphatic carbocycles. The first kappa shape index (κ1) is 16.7. The van der Waals surface area contributed by atoms with Crippen molar-refractivity contribution in [2.75, 3.05) is 11.1 Å². The van der Waals surface area contributed by atoms with Crippen LogP contribution in [-0.2, 0) is 4.79 Å². The van der Waals surface area contributed by atoms with E-state index < -0.39 is 5.76 Å². The van der Waals surface area contributed by atoms with Gasteiger partial charge in [0, 0.05) is 16.8 Å². The van der Waals surface area contributed by atoms with Crippen LogP contribution in [0, 0.1) is 0 Å². The highest BCUT2D eigenvalue weighted by molar-refractivity contribution is 8.00. The Morgan fingerprint density at radius 3 is 2.71 bits per heavy atom. The first-order chi connectivity index (χ1) is 11.6. The summed E-state index contributed by atoms with van der Waals surface area (Å²) in [6.45, 7) is 0. The number of benzene rings is 1. The van der Waals surface area contributed by atoms with Gasteiger partial charge in [0.25, 0.3) is 5.76 Å². The van der Waals surface area contributed by atoms with Crippen molar-refractivity contribution < 1.29 is 13.6 Å². The number of halogens is 2. The van der Waals surface area contributed by atoms with E-state index >= 15 is 0 Å². The lowest BCUT2D eigenvalue weighted by Crippen LogP contribution is -2.14. The van der Waals surface area contributed by atoms with Crippen molar-refractivity contribution >= 4 is 40.8 Å². The molecule has 3 rings (SSSR count). The summed E-state index contributed by atoms with van der Waals surface area (Å²) in [7, 11) is 0. The smallest absolute Gasteiger partial charge is 0.288 e. The second-order valence-electron chi connectivity index (χ2n) is 4.65. The van der Waals surface area contributed by atoms with E-state index in [1.165, 1.54) is 11.8 Å². The topological polar surface area (TPSA) is 59.3 Å². The maximum atomic E-state index is 12.3. The fourth-order valence-electron chi connectivity index (χ4n) is 1.96. The molecule has 0 bridgehead atoms. The number of hydrogen-bond donors (Lipinski definition) is 1. The third kappa shape index (κ3) is 4.24. The minimum atomic E-state index is -2.46. The van der Waals surface area contributed by atoms with Gasteiger partial charge in [0.2, 0.25) is 5.91 Å². The van der Waals surface area contributed by atoms with Gasteiger partial charge in [-0.3, -0.25) is 9.20 Å². The van der Waals surface area contributed by atoms with E-state index in [9.17, 15) is 13.6 Å². The van der Waals surface area contributed by atoms with Crippen molar-refractivity contribution in [1.82, 2.24) is 14.6 Å². The van der Waals surface area contributed by atoms with Crippen LogP contribution in [0.15, 0.2) is 58.7 Å². The van der Waals surface area contributed by atoms with E-state index in [4.69, 9.17) is 0 Å². The quantitative estimate of drug-likeness (QED) is 0.673. The standard InChI is InChI=1S/C15H12F2N4OS2/c16-14(17)24-11-6-4-10(5-7-11)18-13(22)9-23-15-20-19-12-3-1-2-8-21(12)15/h1-8,14H,9H2,(H,18,22). The molecule has 1 amide bonds. The molecule has 0 radical (unpaired) electrons. The average molecular weight is 366 g/mol. The van der Waals surface area contributed by atoms with Gasteiger partial charge in [-0.1, -0.05) is 29.6 Å². The third-order valence-corrected chi connectivity index (χ3v) is 4.64. The number of pyridine rings is 1. The molecule has 9 heteroatoms. The zero-order valence-corrected chi connectivity index (χ0v) is 13.9. The maximum Gasteiger partial charge on any atom is 0.288 e. The van der Waals surface area contributed by atoms with E-state index in [0.29, 0.717) is 33.1 Å². The molecule has 3 aromatic rings. The molecule has 5 nitrogen and oxygen atoms in total. The molecule has 1 aromatic carbocycles. The predicted molar refractivity (Wildman–Crippen MR) is 90.6 cm³/mol. The Bertz CT molecular complexity index is 839. The van der Waals surface area contributed by atoms with Gasteiger partial charge in [0.05, 0.1) is 5.75 Å². The third-order valence-electron chi connectivity index (χ3n) is 2.98. The molecule has 124 valence electrons. The van der Waals surface area contributed by atoms with Crippen LogP contribution in [0.3, 0.4) is 0 Å². The maximum absolute atomic E-state index is 12.3. The first-order valence-electron chi connectivity index (χ1n) is 6.89. The van der Waals surface area contributed by atoms with Crippen molar-refractivity contribution in [1.29, 1.82) is 0 Å². The predicted octanol–water partition coefficient (Wildman–Crippen LogP) is 3.77. The van der Waals surface area contributed by atoms with Crippen LogP contribution in [0.1, 0.15) is 0 Å². The van der Waals surface area contributed by atoms with Crippen LogP contribution >= 0.6 is 23.5 Å². The summed E-state index contributed by atoms with van der Waals surface area (Å²) in [5, 5.41) is 11.4. The van der Waals surface area contributed by atoms with Crippen molar-refractivity contribution in [2.45, 2.75) is 15.8 Å². The Labute approximate surface area is 144 Å². The lowest BCUT2D eigenvalue weighted by atomic mass is 10.3. The highest BCUT2D eigenvalue weighted by Crippen LogP contribution is 2.26. The summed E-state index contributed by atoms with van der Waals surface area (Å²) in [5.74, 6) is -2.50. The Hall–Kier alpha value is -2.13. The highest BCUT2D eigenvalue weighted by atomic mass is 32.2. The monoisotopic (exact) mass is 366 g/mol. The molecule has 0 aliphatic rings. The molecule has 0 atom stereocenters. The Kier molecular flexibility index (Phi) is 5.31. The summed E-state index contributed by atoms with van der Waals surface area (Å²) in [4.78, 5) is 12.4. The van der Waals surface area contributed by atoms with Gasteiger partial charge >= 0.3 is 0 Å².